The van der Waals surface area contributed by atoms with Crippen LogP contribution in [0.2, 0.25) is 0 Å². The molecule has 2 rings (SSSR count). The SMILES string of the molecule is CCC(C)NC1(C#N)CCC2(CCCC2)CC1. The molecule has 2 fully saturated rings. The molecule has 0 aromatic rings. The molecule has 0 amide bonds. The molecular weight excluding hydrogens is 208 g/mol. The lowest BCUT2D eigenvalue weighted by molar-refractivity contribution is 0.133. The second-order valence-electron chi connectivity index (χ2n) is 6.35. The van der Waals surface area contributed by atoms with Gasteiger partial charge in [-0.1, -0.05) is 19.8 Å². The minimum absolute atomic E-state index is 0.219. The van der Waals surface area contributed by atoms with E-state index in [9.17, 15) is 5.26 Å². The normalized spacial score (nSPS) is 27.8. The van der Waals surface area contributed by atoms with E-state index in [0.29, 0.717) is 11.5 Å². The van der Waals surface area contributed by atoms with Crippen LogP contribution in [0.15, 0.2) is 0 Å². The van der Waals surface area contributed by atoms with Crippen molar-refractivity contribution in [3.05, 3.63) is 0 Å². The third kappa shape index (κ3) is 2.65. The monoisotopic (exact) mass is 234 g/mol. The van der Waals surface area contributed by atoms with Crippen molar-refractivity contribution in [1.82, 2.24) is 5.32 Å². The largest absolute Gasteiger partial charge is 0.297 e. The molecule has 0 aliphatic heterocycles. The van der Waals surface area contributed by atoms with Crippen molar-refractivity contribution >= 4 is 0 Å². The van der Waals surface area contributed by atoms with E-state index < -0.39 is 0 Å². The third-order valence-corrected chi connectivity index (χ3v) is 5.18. The molecule has 0 aromatic heterocycles. The minimum atomic E-state index is -0.219. The molecule has 0 bridgehead atoms. The number of nitrogens with zero attached hydrogens (tertiary/aromatic N) is 1. The van der Waals surface area contributed by atoms with Gasteiger partial charge >= 0.3 is 0 Å². The molecule has 2 aliphatic carbocycles. The fraction of sp³-hybridized carbons (Fsp3) is 0.933. The van der Waals surface area contributed by atoms with Gasteiger partial charge in [0.1, 0.15) is 5.54 Å². The highest BCUT2D eigenvalue weighted by Gasteiger charge is 2.44. The summed E-state index contributed by atoms with van der Waals surface area (Å²) < 4.78 is 0. The second-order valence-corrected chi connectivity index (χ2v) is 6.35. The standard InChI is InChI=1S/C15H26N2/c1-3-13(2)17-15(12-16)10-8-14(9-11-15)6-4-5-7-14/h13,17H,3-11H2,1-2H3. The number of rotatable bonds is 3. The smallest absolute Gasteiger partial charge is 0.107 e. The van der Waals surface area contributed by atoms with Gasteiger partial charge < -0.3 is 0 Å². The molecule has 2 saturated carbocycles. The highest BCUT2D eigenvalue weighted by Crippen LogP contribution is 2.51. The van der Waals surface area contributed by atoms with E-state index in [2.05, 4.69) is 25.2 Å². The van der Waals surface area contributed by atoms with Crippen LogP contribution in [0.1, 0.15) is 71.6 Å². The lowest BCUT2D eigenvalue weighted by Crippen LogP contribution is -2.51. The summed E-state index contributed by atoms with van der Waals surface area (Å²) in [5.41, 5.74) is 0.404. The number of nitrogens with one attached hydrogen (secondary N) is 1. The van der Waals surface area contributed by atoms with Crippen LogP contribution < -0.4 is 5.32 Å². The zero-order chi connectivity index (χ0) is 12.4. The summed E-state index contributed by atoms with van der Waals surface area (Å²) in [7, 11) is 0. The lowest BCUT2D eigenvalue weighted by atomic mass is 9.66. The molecule has 2 aliphatic rings. The van der Waals surface area contributed by atoms with Crippen LogP contribution in [0.25, 0.3) is 0 Å². The number of hydrogen-bond acceptors (Lipinski definition) is 2. The van der Waals surface area contributed by atoms with Gasteiger partial charge in [0.25, 0.3) is 0 Å². The van der Waals surface area contributed by atoms with E-state index in [1.165, 1.54) is 38.5 Å². The summed E-state index contributed by atoms with van der Waals surface area (Å²) in [6.45, 7) is 4.38. The fourth-order valence-electron chi connectivity index (χ4n) is 3.69. The topological polar surface area (TPSA) is 35.8 Å². The van der Waals surface area contributed by atoms with E-state index in [1.807, 2.05) is 0 Å². The second kappa shape index (κ2) is 4.98. The zero-order valence-electron chi connectivity index (χ0n) is 11.4. The van der Waals surface area contributed by atoms with E-state index in [4.69, 9.17) is 0 Å². The number of nitriles is 1. The van der Waals surface area contributed by atoms with Gasteiger partial charge in [-0.3, -0.25) is 5.32 Å². The van der Waals surface area contributed by atoms with Crippen LogP contribution in [0.3, 0.4) is 0 Å². The first kappa shape index (κ1) is 12.9. The molecule has 0 saturated heterocycles. The van der Waals surface area contributed by atoms with Crippen molar-refractivity contribution in [2.75, 3.05) is 0 Å². The molecule has 96 valence electrons. The average molecular weight is 234 g/mol. The molecular formula is C15H26N2. The quantitative estimate of drug-likeness (QED) is 0.807. The molecule has 17 heavy (non-hydrogen) atoms. The Hall–Kier alpha value is -0.550. The Morgan fingerprint density at radius 3 is 2.18 bits per heavy atom. The molecule has 0 heterocycles. The van der Waals surface area contributed by atoms with Gasteiger partial charge in [0.05, 0.1) is 6.07 Å². The maximum absolute atomic E-state index is 9.50. The molecule has 1 spiro atoms. The summed E-state index contributed by atoms with van der Waals surface area (Å²) in [6, 6.07) is 3.04. The first-order chi connectivity index (χ1) is 8.14. The van der Waals surface area contributed by atoms with E-state index in [0.717, 1.165) is 19.3 Å². The predicted molar refractivity (Wildman–Crippen MR) is 70.6 cm³/mol. The van der Waals surface area contributed by atoms with Gasteiger partial charge in [-0.25, -0.2) is 0 Å². The van der Waals surface area contributed by atoms with Crippen molar-refractivity contribution in [2.24, 2.45) is 5.41 Å². The molecule has 2 heteroatoms. The van der Waals surface area contributed by atoms with Gasteiger partial charge in [-0.05, 0) is 57.3 Å². The molecule has 0 aromatic carbocycles. The maximum Gasteiger partial charge on any atom is 0.107 e. The van der Waals surface area contributed by atoms with Crippen LogP contribution in [0, 0.1) is 16.7 Å². The summed E-state index contributed by atoms with van der Waals surface area (Å²) in [4.78, 5) is 0. The Morgan fingerprint density at radius 1 is 1.12 bits per heavy atom. The summed E-state index contributed by atoms with van der Waals surface area (Å²) in [5, 5.41) is 13.1. The first-order valence-corrected chi connectivity index (χ1v) is 7.33. The highest BCUT2D eigenvalue weighted by atomic mass is 15.0. The minimum Gasteiger partial charge on any atom is -0.297 e. The molecule has 2 nitrogen and oxygen atoms in total. The Morgan fingerprint density at radius 2 is 1.71 bits per heavy atom. The summed E-state index contributed by atoms with van der Waals surface area (Å²) in [5.74, 6) is 0. The van der Waals surface area contributed by atoms with Crippen molar-refractivity contribution in [3.63, 3.8) is 0 Å². The lowest BCUT2D eigenvalue weighted by Gasteiger charge is -2.43. The first-order valence-electron chi connectivity index (χ1n) is 7.33. The van der Waals surface area contributed by atoms with Crippen molar-refractivity contribution < 1.29 is 0 Å². The van der Waals surface area contributed by atoms with Crippen LogP contribution in [-0.4, -0.2) is 11.6 Å². The van der Waals surface area contributed by atoms with Gasteiger partial charge in [0.2, 0.25) is 0 Å². The van der Waals surface area contributed by atoms with E-state index in [-0.39, 0.29) is 5.54 Å². The fourth-order valence-corrected chi connectivity index (χ4v) is 3.69. The van der Waals surface area contributed by atoms with Crippen molar-refractivity contribution in [3.8, 4) is 6.07 Å². The van der Waals surface area contributed by atoms with Gasteiger partial charge in [0, 0.05) is 6.04 Å². The van der Waals surface area contributed by atoms with Gasteiger partial charge in [-0.2, -0.15) is 5.26 Å². The summed E-state index contributed by atoms with van der Waals surface area (Å²) >= 11 is 0. The van der Waals surface area contributed by atoms with Gasteiger partial charge in [0.15, 0.2) is 0 Å². The van der Waals surface area contributed by atoms with Crippen LogP contribution in [0.5, 0.6) is 0 Å². The van der Waals surface area contributed by atoms with Crippen molar-refractivity contribution in [2.45, 2.75) is 83.2 Å². The third-order valence-electron chi connectivity index (χ3n) is 5.18. The van der Waals surface area contributed by atoms with Gasteiger partial charge in [-0.15, -0.1) is 0 Å². The van der Waals surface area contributed by atoms with E-state index >= 15 is 0 Å². The molecule has 1 atom stereocenters. The molecule has 1 N–H and O–H groups in total. The predicted octanol–water partition coefficient (Wildman–Crippen LogP) is 3.77. The zero-order valence-corrected chi connectivity index (χ0v) is 11.4. The van der Waals surface area contributed by atoms with E-state index in [1.54, 1.807) is 0 Å². The number of hydrogen-bond donors (Lipinski definition) is 1. The van der Waals surface area contributed by atoms with Crippen molar-refractivity contribution in [1.29, 1.82) is 5.26 Å². The Bertz CT molecular complexity index is 287. The Balaban J connectivity index is 1.97. The van der Waals surface area contributed by atoms with Crippen LogP contribution in [0.4, 0.5) is 0 Å². The highest BCUT2D eigenvalue weighted by molar-refractivity contribution is 5.12. The average Bonchev–Trinajstić information content (AvgIpc) is 2.81. The Kier molecular flexibility index (Phi) is 3.78. The maximum atomic E-state index is 9.50. The summed E-state index contributed by atoms with van der Waals surface area (Å²) in [6.07, 6.45) is 11.4. The van der Waals surface area contributed by atoms with Crippen LogP contribution >= 0.6 is 0 Å². The molecule has 1 unspecified atom stereocenters. The Labute approximate surface area is 106 Å². The van der Waals surface area contributed by atoms with Crippen LogP contribution in [-0.2, 0) is 0 Å². The molecule has 0 radical (unpaired) electrons.